The average Bonchev–Trinajstić information content (AvgIpc) is 2.68. The van der Waals surface area contributed by atoms with E-state index in [9.17, 15) is 4.79 Å². The second kappa shape index (κ2) is 4.83. The minimum Gasteiger partial charge on any atom is -0.373 e. The molecule has 1 fully saturated rings. The standard InChI is InChI=1S/C8H11Cl3O2/c9-8(10,11)3-1-2-6(12)4-7-5-13-7/h7H,1-5H2. The lowest BCUT2D eigenvalue weighted by atomic mass is 10.1. The lowest BCUT2D eigenvalue weighted by molar-refractivity contribution is -0.119. The van der Waals surface area contributed by atoms with Gasteiger partial charge in [0.15, 0.2) is 3.79 Å². The Morgan fingerprint density at radius 3 is 2.54 bits per heavy atom. The summed E-state index contributed by atoms with van der Waals surface area (Å²) >= 11 is 16.6. The number of hydrogen-bond acceptors (Lipinski definition) is 2. The number of carbonyl (C=O) groups excluding carboxylic acids is 1. The molecule has 1 saturated heterocycles. The number of epoxide rings is 1. The van der Waals surface area contributed by atoms with E-state index in [1.807, 2.05) is 0 Å². The van der Waals surface area contributed by atoms with Crippen LogP contribution in [0.5, 0.6) is 0 Å². The van der Waals surface area contributed by atoms with E-state index >= 15 is 0 Å². The van der Waals surface area contributed by atoms with Gasteiger partial charge in [-0.1, -0.05) is 34.8 Å². The van der Waals surface area contributed by atoms with Gasteiger partial charge >= 0.3 is 0 Å². The van der Waals surface area contributed by atoms with Crippen molar-refractivity contribution in [3.63, 3.8) is 0 Å². The molecule has 0 amide bonds. The van der Waals surface area contributed by atoms with Crippen LogP contribution < -0.4 is 0 Å². The van der Waals surface area contributed by atoms with Crippen LogP contribution in [0.3, 0.4) is 0 Å². The molecule has 1 heterocycles. The van der Waals surface area contributed by atoms with Crippen molar-refractivity contribution in [3.8, 4) is 0 Å². The highest BCUT2D eigenvalue weighted by atomic mass is 35.6. The molecule has 1 rings (SSSR count). The molecule has 2 nitrogen and oxygen atoms in total. The molecule has 76 valence electrons. The average molecular weight is 246 g/mol. The Morgan fingerprint density at radius 1 is 1.46 bits per heavy atom. The summed E-state index contributed by atoms with van der Waals surface area (Å²) < 4.78 is 3.70. The van der Waals surface area contributed by atoms with Crippen LogP contribution in [0.1, 0.15) is 25.7 Å². The summed E-state index contributed by atoms with van der Waals surface area (Å²) in [5, 5.41) is 0. The predicted molar refractivity (Wildman–Crippen MR) is 53.5 cm³/mol. The van der Waals surface area contributed by atoms with E-state index in [0.717, 1.165) is 6.61 Å². The first-order chi connectivity index (χ1) is 5.97. The van der Waals surface area contributed by atoms with E-state index in [4.69, 9.17) is 39.5 Å². The predicted octanol–water partition coefficient (Wildman–Crippen LogP) is 2.88. The van der Waals surface area contributed by atoms with Gasteiger partial charge in [-0.2, -0.15) is 0 Å². The van der Waals surface area contributed by atoms with Crippen molar-refractivity contribution in [3.05, 3.63) is 0 Å². The minimum atomic E-state index is -1.23. The number of carbonyl (C=O) groups is 1. The maximum atomic E-state index is 11.2. The summed E-state index contributed by atoms with van der Waals surface area (Å²) in [7, 11) is 0. The van der Waals surface area contributed by atoms with Crippen molar-refractivity contribution in [2.45, 2.75) is 35.6 Å². The molecule has 0 aliphatic carbocycles. The Balaban J connectivity index is 2.01. The van der Waals surface area contributed by atoms with Crippen LogP contribution in [0.15, 0.2) is 0 Å². The van der Waals surface area contributed by atoms with Crippen LogP contribution in [-0.4, -0.2) is 22.3 Å². The molecule has 13 heavy (non-hydrogen) atoms. The van der Waals surface area contributed by atoms with Gasteiger partial charge in [-0.3, -0.25) is 4.79 Å². The van der Waals surface area contributed by atoms with Crippen LogP contribution in [0, 0.1) is 0 Å². The van der Waals surface area contributed by atoms with Crippen LogP contribution in [0.25, 0.3) is 0 Å². The van der Waals surface area contributed by atoms with E-state index in [1.165, 1.54) is 0 Å². The summed E-state index contributed by atoms with van der Waals surface area (Å²) in [5.41, 5.74) is 0. The molecule has 0 aromatic heterocycles. The molecule has 0 aromatic rings. The molecule has 0 spiro atoms. The summed E-state index contributed by atoms with van der Waals surface area (Å²) in [6.45, 7) is 0.718. The summed E-state index contributed by atoms with van der Waals surface area (Å²) in [4.78, 5) is 11.2. The van der Waals surface area contributed by atoms with Gasteiger partial charge in [0.25, 0.3) is 0 Å². The molecule has 5 heteroatoms. The lowest BCUT2D eigenvalue weighted by Gasteiger charge is -2.08. The number of halogens is 3. The van der Waals surface area contributed by atoms with Crippen molar-refractivity contribution in [1.29, 1.82) is 0 Å². The molecule has 0 bridgehead atoms. The Bertz CT molecular complexity index is 184. The number of hydrogen-bond donors (Lipinski definition) is 0. The molecule has 0 saturated carbocycles. The van der Waals surface area contributed by atoms with Crippen LogP contribution in [-0.2, 0) is 9.53 Å². The number of Topliss-reactive ketones (excluding diaryl/α,β-unsaturated/α-hetero) is 1. The SMILES string of the molecule is O=C(CCCC(Cl)(Cl)Cl)CC1CO1. The molecular formula is C8H11Cl3O2. The first kappa shape index (κ1) is 11.6. The quantitative estimate of drug-likeness (QED) is 0.551. The molecule has 1 atom stereocenters. The number of ketones is 1. The maximum Gasteiger partial charge on any atom is 0.190 e. The molecular weight excluding hydrogens is 234 g/mol. The van der Waals surface area contributed by atoms with E-state index in [0.29, 0.717) is 25.7 Å². The van der Waals surface area contributed by atoms with Crippen LogP contribution in [0.4, 0.5) is 0 Å². The molecule has 0 aromatic carbocycles. The normalized spacial score (nSPS) is 21.6. The summed E-state index contributed by atoms with van der Waals surface area (Å²) in [6, 6.07) is 0. The van der Waals surface area contributed by atoms with E-state index in [1.54, 1.807) is 0 Å². The van der Waals surface area contributed by atoms with Crippen molar-refractivity contribution < 1.29 is 9.53 Å². The number of rotatable bonds is 5. The zero-order valence-corrected chi connectivity index (χ0v) is 9.33. The van der Waals surface area contributed by atoms with Gasteiger partial charge in [-0.15, -0.1) is 0 Å². The Kier molecular flexibility index (Phi) is 4.30. The fraction of sp³-hybridized carbons (Fsp3) is 0.875. The lowest BCUT2D eigenvalue weighted by Crippen LogP contribution is -2.06. The fourth-order valence-corrected chi connectivity index (χ4v) is 1.43. The summed E-state index contributed by atoms with van der Waals surface area (Å²) in [5.74, 6) is 0.191. The van der Waals surface area contributed by atoms with Crippen LogP contribution >= 0.6 is 34.8 Å². The Labute approximate surface area is 92.5 Å². The van der Waals surface area contributed by atoms with Gasteiger partial charge in [0.1, 0.15) is 5.78 Å². The van der Waals surface area contributed by atoms with E-state index in [2.05, 4.69) is 0 Å². The first-order valence-electron chi connectivity index (χ1n) is 4.17. The van der Waals surface area contributed by atoms with Gasteiger partial charge in [0, 0.05) is 12.8 Å². The van der Waals surface area contributed by atoms with Crippen LogP contribution in [0.2, 0.25) is 0 Å². The maximum absolute atomic E-state index is 11.2. The zero-order chi connectivity index (χ0) is 9.90. The molecule has 0 N–H and O–H groups in total. The van der Waals surface area contributed by atoms with Crippen molar-refractivity contribution in [2.75, 3.05) is 6.61 Å². The van der Waals surface area contributed by atoms with Crippen molar-refractivity contribution in [2.24, 2.45) is 0 Å². The second-order valence-electron chi connectivity index (χ2n) is 3.17. The van der Waals surface area contributed by atoms with Crippen molar-refractivity contribution >= 4 is 40.6 Å². The fourth-order valence-electron chi connectivity index (χ4n) is 1.03. The minimum absolute atomic E-state index is 0.167. The number of alkyl halides is 3. The topological polar surface area (TPSA) is 29.6 Å². The van der Waals surface area contributed by atoms with Gasteiger partial charge < -0.3 is 4.74 Å². The second-order valence-corrected chi connectivity index (χ2v) is 5.68. The van der Waals surface area contributed by atoms with E-state index in [-0.39, 0.29) is 11.9 Å². The Hall–Kier alpha value is 0.500. The third-order valence-corrected chi connectivity index (χ3v) is 2.34. The van der Waals surface area contributed by atoms with Gasteiger partial charge in [-0.25, -0.2) is 0 Å². The Morgan fingerprint density at radius 2 is 2.08 bits per heavy atom. The third-order valence-electron chi connectivity index (χ3n) is 1.77. The highest BCUT2D eigenvalue weighted by Crippen LogP contribution is 2.32. The van der Waals surface area contributed by atoms with Gasteiger partial charge in [0.05, 0.1) is 12.7 Å². The van der Waals surface area contributed by atoms with Gasteiger partial charge in [0.2, 0.25) is 0 Å². The molecule has 1 unspecified atom stereocenters. The molecule has 1 aliphatic rings. The number of ether oxygens (including phenoxy) is 1. The third kappa shape index (κ3) is 6.55. The molecule has 0 radical (unpaired) electrons. The molecule has 1 aliphatic heterocycles. The highest BCUT2D eigenvalue weighted by Gasteiger charge is 2.26. The van der Waals surface area contributed by atoms with E-state index < -0.39 is 3.79 Å². The monoisotopic (exact) mass is 244 g/mol. The van der Waals surface area contributed by atoms with Gasteiger partial charge in [-0.05, 0) is 12.8 Å². The zero-order valence-electron chi connectivity index (χ0n) is 7.06. The highest BCUT2D eigenvalue weighted by molar-refractivity contribution is 6.67. The summed E-state index contributed by atoms with van der Waals surface area (Å²) in [6.07, 6.45) is 2.21. The van der Waals surface area contributed by atoms with Crippen molar-refractivity contribution in [1.82, 2.24) is 0 Å². The largest absolute Gasteiger partial charge is 0.373 e. The first-order valence-corrected chi connectivity index (χ1v) is 5.31. The smallest absolute Gasteiger partial charge is 0.190 e.